The molecule has 0 saturated heterocycles. The fourth-order valence-corrected chi connectivity index (χ4v) is 2.71. The summed E-state index contributed by atoms with van der Waals surface area (Å²) in [5.41, 5.74) is 3.02. The van der Waals surface area contributed by atoms with Crippen LogP contribution in [0.3, 0.4) is 0 Å². The largest absolute Gasteiger partial charge is 0.472 e. The lowest BCUT2D eigenvalue weighted by Gasteiger charge is -2.23. The molecule has 0 bridgehead atoms. The Labute approximate surface area is 85.7 Å². The number of hydrogen-bond donors (Lipinski definition) is 1. The average Bonchev–Trinajstić information content (AvgIpc) is 2.73. The van der Waals surface area contributed by atoms with Gasteiger partial charge >= 0.3 is 0 Å². The summed E-state index contributed by atoms with van der Waals surface area (Å²) in [6.45, 7) is 4.49. The molecule has 0 aliphatic heterocycles. The van der Waals surface area contributed by atoms with Crippen LogP contribution in [0.5, 0.6) is 0 Å². The summed E-state index contributed by atoms with van der Waals surface area (Å²) >= 11 is 0. The fourth-order valence-electron chi connectivity index (χ4n) is 2.71. The number of nitrogens with one attached hydrogen (secondary N) is 1. The number of aryl methyl sites for hydroxylation is 1. The van der Waals surface area contributed by atoms with Crippen molar-refractivity contribution in [2.24, 2.45) is 0 Å². The molecule has 1 aromatic rings. The summed E-state index contributed by atoms with van der Waals surface area (Å²) in [6.07, 6.45) is 7.54. The molecule has 1 aromatic heterocycles. The van der Waals surface area contributed by atoms with Crippen molar-refractivity contribution in [1.29, 1.82) is 0 Å². The molecular weight excluding hydrogens is 174 g/mol. The average molecular weight is 193 g/mol. The van der Waals surface area contributed by atoms with E-state index in [2.05, 4.69) is 26.2 Å². The molecule has 0 spiro atoms. The van der Waals surface area contributed by atoms with Gasteiger partial charge in [-0.1, -0.05) is 6.92 Å². The van der Waals surface area contributed by atoms with Crippen molar-refractivity contribution < 1.29 is 4.42 Å². The monoisotopic (exact) mass is 193 g/mol. The third kappa shape index (κ3) is 1.48. The van der Waals surface area contributed by atoms with Gasteiger partial charge in [0.15, 0.2) is 0 Å². The normalized spacial score (nSPS) is 32.4. The SMILES string of the molecule is CNC1CCC(C)(c2cocc2C)C1. The Morgan fingerprint density at radius 2 is 2.29 bits per heavy atom. The zero-order valence-electron chi connectivity index (χ0n) is 9.26. The lowest BCUT2D eigenvalue weighted by atomic mass is 9.80. The Morgan fingerprint density at radius 3 is 2.79 bits per heavy atom. The molecule has 1 fully saturated rings. The minimum atomic E-state index is 0.324. The highest BCUT2D eigenvalue weighted by Gasteiger charge is 2.37. The van der Waals surface area contributed by atoms with Gasteiger partial charge in [0, 0.05) is 6.04 Å². The second-order valence-corrected chi connectivity index (χ2v) is 4.76. The van der Waals surface area contributed by atoms with Gasteiger partial charge in [-0.25, -0.2) is 0 Å². The first-order valence-corrected chi connectivity index (χ1v) is 5.36. The van der Waals surface area contributed by atoms with Crippen LogP contribution in [0.1, 0.15) is 37.3 Å². The van der Waals surface area contributed by atoms with E-state index >= 15 is 0 Å². The van der Waals surface area contributed by atoms with E-state index < -0.39 is 0 Å². The molecule has 1 N–H and O–H groups in total. The molecule has 1 aliphatic carbocycles. The van der Waals surface area contributed by atoms with Gasteiger partial charge < -0.3 is 9.73 Å². The van der Waals surface area contributed by atoms with Crippen LogP contribution in [0.2, 0.25) is 0 Å². The molecule has 0 amide bonds. The molecule has 1 aliphatic rings. The maximum Gasteiger partial charge on any atom is 0.0942 e. The van der Waals surface area contributed by atoms with Gasteiger partial charge in [-0.15, -0.1) is 0 Å². The quantitative estimate of drug-likeness (QED) is 0.781. The van der Waals surface area contributed by atoms with Gasteiger partial charge in [0.25, 0.3) is 0 Å². The van der Waals surface area contributed by atoms with Crippen LogP contribution in [0.15, 0.2) is 16.9 Å². The molecule has 2 atom stereocenters. The molecule has 1 heterocycles. The first kappa shape index (κ1) is 9.78. The van der Waals surface area contributed by atoms with Crippen LogP contribution < -0.4 is 5.32 Å². The second kappa shape index (κ2) is 3.43. The predicted octanol–water partition coefficient (Wildman–Crippen LogP) is 2.62. The van der Waals surface area contributed by atoms with Crippen molar-refractivity contribution in [3.05, 3.63) is 23.7 Å². The van der Waals surface area contributed by atoms with Crippen LogP contribution in [0.25, 0.3) is 0 Å². The zero-order chi connectivity index (χ0) is 10.2. The highest BCUT2D eigenvalue weighted by atomic mass is 16.3. The molecule has 0 aromatic carbocycles. The van der Waals surface area contributed by atoms with Crippen LogP contribution in [0, 0.1) is 6.92 Å². The summed E-state index contributed by atoms with van der Waals surface area (Å²) in [4.78, 5) is 0. The number of furan rings is 1. The summed E-state index contributed by atoms with van der Waals surface area (Å²) in [5.74, 6) is 0. The lowest BCUT2D eigenvalue weighted by molar-refractivity contribution is 0.456. The minimum Gasteiger partial charge on any atom is -0.472 e. The third-order valence-corrected chi connectivity index (χ3v) is 3.66. The second-order valence-electron chi connectivity index (χ2n) is 4.76. The van der Waals surface area contributed by atoms with E-state index in [0.29, 0.717) is 11.5 Å². The fraction of sp³-hybridized carbons (Fsp3) is 0.667. The Hall–Kier alpha value is -0.760. The van der Waals surface area contributed by atoms with Crippen molar-refractivity contribution in [3.8, 4) is 0 Å². The van der Waals surface area contributed by atoms with Gasteiger partial charge in [-0.05, 0) is 49.8 Å². The van der Waals surface area contributed by atoms with E-state index in [1.807, 2.05) is 12.5 Å². The van der Waals surface area contributed by atoms with E-state index in [-0.39, 0.29) is 0 Å². The van der Waals surface area contributed by atoms with Gasteiger partial charge in [0.2, 0.25) is 0 Å². The Kier molecular flexibility index (Phi) is 2.40. The Morgan fingerprint density at radius 1 is 1.50 bits per heavy atom. The molecule has 78 valence electrons. The lowest BCUT2D eigenvalue weighted by Crippen LogP contribution is -2.25. The Bertz CT molecular complexity index is 318. The van der Waals surface area contributed by atoms with Gasteiger partial charge in [0.1, 0.15) is 0 Å². The van der Waals surface area contributed by atoms with Crippen LogP contribution in [-0.2, 0) is 5.41 Å². The minimum absolute atomic E-state index is 0.324. The van der Waals surface area contributed by atoms with Crippen molar-refractivity contribution in [2.75, 3.05) is 7.05 Å². The highest BCUT2D eigenvalue weighted by Crippen LogP contribution is 2.42. The van der Waals surface area contributed by atoms with Gasteiger partial charge in [0.05, 0.1) is 12.5 Å². The van der Waals surface area contributed by atoms with E-state index in [0.717, 1.165) is 0 Å². The molecule has 2 heteroatoms. The van der Waals surface area contributed by atoms with Gasteiger partial charge in [-0.3, -0.25) is 0 Å². The van der Waals surface area contributed by atoms with Crippen molar-refractivity contribution >= 4 is 0 Å². The number of rotatable bonds is 2. The maximum absolute atomic E-state index is 5.27. The molecule has 1 saturated carbocycles. The van der Waals surface area contributed by atoms with E-state index in [1.165, 1.54) is 30.4 Å². The molecule has 2 rings (SSSR count). The van der Waals surface area contributed by atoms with Gasteiger partial charge in [-0.2, -0.15) is 0 Å². The van der Waals surface area contributed by atoms with E-state index in [9.17, 15) is 0 Å². The summed E-state index contributed by atoms with van der Waals surface area (Å²) in [5, 5.41) is 3.37. The van der Waals surface area contributed by atoms with Crippen LogP contribution >= 0.6 is 0 Å². The molecule has 2 nitrogen and oxygen atoms in total. The number of hydrogen-bond acceptors (Lipinski definition) is 2. The first-order chi connectivity index (χ1) is 6.65. The molecule has 0 radical (unpaired) electrons. The molecule has 14 heavy (non-hydrogen) atoms. The third-order valence-electron chi connectivity index (χ3n) is 3.66. The first-order valence-electron chi connectivity index (χ1n) is 5.36. The van der Waals surface area contributed by atoms with Crippen molar-refractivity contribution in [2.45, 2.75) is 44.6 Å². The van der Waals surface area contributed by atoms with E-state index in [1.54, 1.807) is 0 Å². The standard InChI is InChI=1S/C12H19NO/c1-9-7-14-8-11(9)12(2)5-4-10(6-12)13-3/h7-8,10,13H,4-6H2,1-3H3. The highest BCUT2D eigenvalue weighted by molar-refractivity contribution is 5.30. The maximum atomic E-state index is 5.27. The zero-order valence-corrected chi connectivity index (χ0v) is 9.26. The van der Waals surface area contributed by atoms with Crippen molar-refractivity contribution in [3.63, 3.8) is 0 Å². The van der Waals surface area contributed by atoms with E-state index in [4.69, 9.17) is 4.42 Å². The summed E-state index contributed by atoms with van der Waals surface area (Å²) < 4.78 is 5.27. The summed E-state index contributed by atoms with van der Waals surface area (Å²) in [7, 11) is 2.05. The summed E-state index contributed by atoms with van der Waals surface area (Å²) in [6, 6.07) is 0.675. The smallest absolute Gasteiger partial charge is 0.0942 e. The van der Waals surface area contributed by atoms with Crippen LogP contribution in [-0.4, -0.2) is 13.1 Å². The predicted molar refractivity (Wildman–Crippen MR) is 57.5 cm³/mol. The molecule has 2 unspecified atom stereocenters. The van der Waals surface area contributed by atoms with Crippen LogP contribution in [0.4, 0.5) is 0 Å². The Balaban J connectivity index is 2.22. The van der Waals surface area contributed by atoms with Crippen molar-refractivity contribution in [1.82, 2.24) is 5.32 Å². The molecular formula is C12H19NO. The topological polar surface area (TPSA) is 25.2 Å².